The zero-order valence-corrected chi connectivity index (χ0v) is 11.8. The Labute approximate surface area is 109 Å². The van der Waals surface area contributed by atoms with Gasteiger partial charge < -0.3 is 9.47 Å². The number of rotatable bonds is 8. The van der Waals surface area contributed by atoms with Gasteiger partial charge in [-0.2, -0.15) is 0 Å². The van der Waals surface area contributed by atoms with E-state index in [0.717, 1.165) is 25.0 Å². The van der Waals surface area contributed by atoms with Crippen LogP contribution in [0.4, 0.5) is 0 Å². The molecule has 0 bridgehead atoms. The summed E-state index contributed by atoms with van der Waals surface area (Å²) in [5.41, 5.74) is 0. The highest BCUT2D eigenvalue weighted by Crippen LogP contribution is 2.00. The predicted molar refractivity (Wildman–Crippen MR) is 70.0 cm³/mol. The van der Waals surface area contributed by atoms with Crippen molar-refractivity contribution in [2.45, 2.75) is 40.5 Å². The summed E-state index contributed by atoms with van der Waals surface area (Å²) in [4.78, 5) is 22.4. The lowest BCUT2D eigenvalue weighted by molar-refractivity contribution is -0.140. The monoisotopic (exact) mass is 256 g/mol. The highest BCUT2D eigenvalue weighted by molar-refractivity contribution is 5.91. The molecule has 0 spiro atoms. The standard InChI is InChI=1S/C14H24O4/c1-11(2)7-9-17-13(15)5-6-14(16)18-10-8-12(3)4/h5-6,11-12H,7-10H2,1-4H3. The molecule has 0 fully saturated rings. The van der Waals surface area contributed by atoms with E-state index in [1.807, 2.05) is 0 Å². The molecule has 0 amide bonds. The Bertz CT molecular complexity index is 252. The van der Waals surface area contributed by atoms with Crippen molar-refractivity contribution in [1.29, 1.82) is 0 Å². The van der Waals surface area contributed by atoms with Gasteiger partial charge in [0.25, 0.3) is 0 Å². The lowest BCUT2D eigenvalue weighted by Gasteiger charge is -2.05. The minimum absolute atomic E-state index is 0.378. The van der Waals surface area contributed by atoms with Crippen LogP contribution in [0.1, 0.15) is 40.5 Å². The Hall–Kier alpha value is -1.32. The lowest BCUT2D eigenvalue weighted by Crippen LogP contribution is -2.08. The molecule has 4 nitrogen and oxygen atoms in total. The third-order valence-electron chi connectivity index (χ3n) is 2.23. The maximum atomic E-state index is 11.2. The topological polar surface area (TPSA) is 52.6 Å². The van der Waals surface area contributed by atoms with Crippen LogP contribution in [0.15, 0.2) is 12.2 Å². The van der Waals surface area contributed by atoms with Gasteiger partial charge in [-0.05, 0) is 24.7 Å². The maximum Gasteiger partial charge on any atom is 0.331 e. The second kappa shape index (κ2) is 9.68. The first-order chi connectivity index (χ1) is 8.41. The van der Waals surface area contributed by atoms with Crippen LogP contribution in [0.25, 0.3) is 0 Å². The van der Waals surface area contributed by atoms with Gasteiger partial charge in [0.1, 0.15) is 0 Å². The normalized spacial score (nSPS) is 11.2. The molecular weight excluding hydrogens is 232 g/mol. The van der Waals surface area contributed by atoms with E-state index in [0.29, 0.717) is 25.0 Å². The van der Waals surface area contributed by atoms with Gasteiger partial charge in [-0.1, -0.05) is 27.7 Å². The first kappa shape index (κ1) is 16.7. The van der Waals surface area contributed by atoms with E-state index in [-0.39, 0.29) is 0 Å². The van der Waals surface area contributed by atoms with E-state index in [4.69, 9.17) is 9.47 Å². The van der Waals surface area contributed by atoms with Gasteiger partial charge in [-0.15, -0.1) is 0 Å². The van der Waals surface area contributed by atoms with Gasteiger partial charge in [0, 0.05) is 12.2 Å². The van der Waals surface area contributed by atoms with Crippen molar-refractivity contribution >= 4 is 11.9 Å². The smallest absolute Gasteiger partial charge is 0.331 e. The average Bonchev–Trinajstić information content (AvgIpc) is 2.25. The second-order valence-corrected chi connectivity index (χ2v) is 5.03. The summed E-state index contributed by atoms with van der Waals surface area (Å²) in [6, 6.07) is 0. The molecule has 104 valence electrons. The van der Waals surface area contributed by atoms with Crippen molar-refractivity contribution < 1.29 is 19.1 Å². The highest BCUT2D eigenvalue weighted by Gasteiger charge is 2.02. The molecule has 0 radical (unpaired) electrons. The molecule has 0 aliphatic rings. The molecule has 0 aromatic carbocycles. The second-order valence-electron chi connectivity index (χ2n) is 5.03. The third kappa shape index (κ3) is 11.2. The van der Waals surface area contributed by atoms with Gasteiger partial charge in [0.2, 0.25) is 0 Å². The number of hydrogen-bond donors (Lipinski definition) is 0. The van der Waals surface area contributed by atoms with E-state index in [1.54, 1.807) is 0 Å². The van der Waals surface area contributed by atoms with Crippen molar-refractivity contribution in [3.63, 3.8) is 0 Å². The molecule has 0 N–H and O–H groups in total. The van der Waals surface area contributed by atoms with E-state index in [1.165, 1.54) is 0 Å². The summed E-state index contributed by atoms with van der Waals surface area (Å²) in [5.74, 6) is -0.0292. The fourth-order valence-corrected chi connectivity index (χ4v) is 1.02. The van der Waals surface area contributed by atoms with Crippen LogP contribution in [0, 0.1) is 11.8 Å². The Balaban J connectivity index is 3.71. The molecule has 0 unspecified atom stereocenters. The summed E-state index contributed by atoms with van der Waals surface area (Å²) in [5, 5.41) is 0. The average molecular weight is 256 g/mol. The van der Waals surface area contributed by atoms with Crippen molar-refractivity contribution in [2.24, 2.45) is 11.8 Å². The third-order valence-corrected chi connectivity index (χ3v) is 2.23. The van der Waals surface area contributed by atoms with Gasteiger partial charge in [-0.25, -0.2) is 9.59 Å². The van der Waals surface area contributed by atoms with Crippen LogP contribution in [0.5, 0.6) is 0 Å². The van der Waals surface area contributed by atoms with Gasteiger partial charge in [0.15, 0.2) is 0 Å². The lowest BCUT2D eigenvalue weighted by atomic mass is 10.1. The number of carbonyl (C=O) groups is 2. The summed E-state index contributed by atoms with van der Waals surface area (Å²) in [6.07, 6.45) is 3.85. The van der Waals surface area contributed by atoms with Crippen LogP contribution < -0.4 is 0 Å². The maximum absolute atomic E-state index is 11.2. The van der Waals surface area contributed by atoms with Crippen molar-refractivity contribution in [3.8, 4) is 0 Å². The molecule has 0 heterocycles. The van der Waals surface area contributed by atoms with E-state index in [9.17, 15) is 9.59 Å². The molecule has 0 atom stereocenters. The Morgan fingerprint density at radius 1 is 0.833 bits per heavy atom. The Kier molecular flexibility index (Phi) is 8.97. The molecule has 4 heteroatoms. The summed E-state index contributed by atoms with van der Waals surface area (Å²) < 4.78 is 9.82. The molecule has 0 saturated heterocycles. The molecule has 0 rings (SSSR count). The fourth-order valence-electron chi connectivity index (χ4n) is 1.02. The molecule has 0 aliphatic carbocycles. The van der Waals surface area contributed by atoms with Crippen LogP contribution >= 0.6 is 0 Å². The molecular formula is C14H24O4. The molecule has 18 heavy (non-hydrogen) atoms. The van der Waals surface area contributed by atoms with Gasteiger partial charge in [0.05, 0.1) is 13.2 Å². The van der Waals surface area contributed by atoms with Gasteiger partial charge in [-0.3, -0.25) is 0 Å². The first-order valence-corrected chi connectivity index (χ1v) is 6.43. The van der Waals surface area contributed by atoms with E-state index < -0.39 is 11.9 Å². The van der Waals surface area contributed by atoms with Crippen molar-refractivity contribution in [1.82, 2.24) is 0 Å². The summed E-state index contributed by atoms with van der Waals surface area (Å²) in [7, 11) is 0. The van der Waals surface area contributed by atoms with Crippen LogP contribution in [0.2, 0.25) is 0 Å². The predicted octanol–water partition coefficient (Wildman–Crippen LogP) is 2.72. The van der Waals surface area contributed by atoms with Crippen LogP contribution in [-0.4, -0.2) is 25.2 Å². The highest BCUT2D eigenvalue weighted by atomic mass is 16.5. The summed E-state index contributed by atoms with van der Waals surface area (Å²) >= 11 is 0. The quantitative estimate of drug-likeness (QED) is 0.495. The minimum atomic E-state index is -0.503. The van der Waals surface area contributed by atoms with Crippen molar-refractivity contribution in [2.75, 3.05) is 13.2 Å². The first-order valence-electron chi connectivity index (χ1n) is 6.43. The number of esters is 2. The van der Waals surface area contributed by atoms with Crippen LogP contribution in [-0.2, 0) is 19.1 Å². The number of ether oxygens (including phenoxy) is 2. The SMILES string of the molecule is CC(C)CCOC(=O)C=CC(=O)OCCC(C)C. The van der Waals surface area contributed by atoms with Crippen LogP contribution in [0.3, 0.4) is 0 Å². The summed E-state index contributed by atoms with van der Waals surface area (Å²) in [6.45, 7) is 8.96. The fraction of sp³-hybridized carbons (Fsp3) is 0.714. The zero-order chi connectivity index (χ0) is 14.0. The Morgan fingerprint density at radius 3 is 1.44 bits per heavy atom. The minimum Gasteiger partial charge on any atom is -0.463 e. The van der Waals surface area contributed by atoms with Gasteiger partial charge >= 0.3 is 11.9 Å². The number of hydrogen-bond acceptors (Lipinski definition) is 4. The molecule has 0 aliphatic heterocycles. The van der Waals surface area contributed by atoms with Crippen molar-refractivity contribution in [3.05, 3.63) is 12.2 Å². The van der Waals surface area contributed by atoms with E-state index >= 15 is 0 Å². The van der Waals surface area contributed by atoms with E-state index in [2.05, 4.69) is 27.7 Å². The zero-order valence-electron chi connectivity index (χ0n) is 11.8. The largest absolute Gasteiger partial charge is 0.463 e. The molecule has 0 aromatic rings. The molecule has 0 aromatic heterocycles. The molecule has 0 saturated carbocycles. The Morgan fingerprint density at radius 2 is 1.17 bits per heavy atom. The number of carbonyl (C=O) groups excluding carboxylic acids is 2.